The van der Waals surface area contributed by atoms with E-state index < -0.39 is 12.0 Å². The van der Waals surface area contributed by atoms with Gasteiger partial charge in [0.1, 0.15) is 10.9 Å². The van der Waals surface area contributed by atoms with Gasteiger partial charge in [0, 0.05) is 5.75 Å². The highest BCUT2D eigenvalue weighted by Gasteiger charge is 2.41. The van der Waals surface area contributed by atoms with Crippen molar-refractivity contribution in [1.29, 1.82) is 0 Å². The van der Waals surface area contributed by atoms with Gasteiger partial charge in [-0.1, -0.05) is 13.3 Å². The zero-order valence-electron chi connectivity index (χ0n) is 9.91. The molecule has 1 aliphatic heterocycles. The van der Waals surface area contributed by atoms with Gasteiger partial charge in [-0.2, -0.15) is 0 Å². The average Bonchev–Trinajstić information content (AvgIpc) is 2.97. The molecule has 2 heterocycles. The van der Waals surface area contributed by atoms with Gasteiger partial charge in [0.05, 0.1) is 17.1 Å². The lowest BCUT2D eigenvalue weighted by atomic mass is 10.2. The summed E-state index contributed by atoms with van der Waals surface area (Å²) in [5.74, 6) is -0.683. The highest BCUT2D eigenvalue weighted by Crippen LogP contribution is 2.33. The topological polar surface area (TPSA) is 70.5 Å². The van der Waals surface area contributed by atoms with Gasteiger partial charge >= 0.3 is 5.97 Å². The summed E-state index contributed by atoms with van der Waals surface area (Å²) in [6.07, 6.45) is 3.24. The minimum absolute atomic E-state index is 0.0364. The number of rotatable bonds is 4. The van der Waals surface area contributed by atoms with Crippen LogP contribution in [0.4, 0.5) is 0 Å². The molecule has 1 N–H and O–H groups in total. The first-order valence-corrected chi connectivity index (χ1v) is 7.63. The third kappa shape index (κ3) is 2.51. The quantitative estimate of drug-likeness (QED) is 0.915. The van der Waals surface area contributed by atoms with E-state index >= 15 is 0 Å². The normalized spacial score (nSPS) is 23.3. The van der Waals surface area contributed by atoms with Gasteiger partial charge < -0.3 is 10.0 Å². The molecular formula is C11H14N2O3S2. The molecule has 0 aromatic carbocycles. The Labute approximate surface area is 113 Å². The first kappa shape index (κ1) is 13.4. The number of carboxylic acid groups (broad SMARTS) is 1. The van der Waals surface area contributed by atoms with Crippen molar-refractivity contribution in [3.63, 3.8) is 0 Å². The fraction of sp³-hybridized carbons (Fsp3) is 0.545. The van der Waals surface area contributed by atoms with Crippen molar-refractivity contribution in [1.82, 2.24) is 9.88 Å². The Kier molecular flexibility index (Phi) is 4.23. The minimum atomic E-state index is -0.932. The smallest absolute Gasteiger partial charge is 0.327 e. The van der Waals surface area contributed by atoms with Crippen LogP contribution in [0, 0.1) is 0 Å². The summed E-state index contributed by atoms with van der Waals surface area (Å²) in [7, 11) is 0. The lowest BCUT2D eigenvalue weighted by Crippen LogP contribution is -2.45. The zero-order chi connectivity index (χ0) is 13.1. The van der Waals surface area contributed by atoms with Gasteiger partial charge in [0.25, 0.3) is 5.91 Å². The van der Waals surface area contributed by atoms with Crippen LogP contribution in [0.1, 0.15) is 29.4 Å². The van der Waals surface area contributed by atoms with Crippen molar-refractivity contribution in [3.05, 3.63) is 16.6 Å². The number of amides is 1. The molecular weight excluding hydrogens is 272 g/mol. The second kappa shape index (κ2) is 5.71. The van der Waals surface area contributed by atoms with Crippen molar-refractivity contribution >= 4 is 35.0 Å². The number of hydrogen-bond acceptors (Lipinski definition) is 5. The highest BCUT2D eigenvalue weighted by molar-refractivity contribution is 8.00. The molecule has 1 saturated heterocycles. The van der Waals surface area contributed by atoms with Gasteiger partial charge in [0.2, 0.25) is 0 Å². The van der Waals surface area contributed by atoms with Gasteiger partial charge in [-0.15, -0.1) is 23.1 Å². The van der Waals surface area contributed by atoms with E-state index in [1.54, 1.807) is 17.3 Å². The van der Waals surface area contributed by atoms with Crippen molar-refractivity contribution in [2.75, 3.05) is 5.75 Å². The molecule has 2 unspecified atom stereocenters. The maximum Gasteiger partial charge on any atom is 0.327 e. The summed E-state index contributed by atoms with van der Waals surface area (Å²) in [6, 6.07) is -0.721. The molecule has 7 heteroatoms. The second-order valence-corrected chi connectivity index (χ2v) is 6.11. The number of hydrogen-bond donors (Lipinski definition) is 1. The summed E-state index contributed by atoms with van der Waals surface area (Å²) in [5.41, 5.74) is 1.58. The number of thiazole rings is 1. The Morgan fingerprint density at radius 3 is 2.94 bits per heavy atom. The van der Waals surface area contributed by atoms with E-state index in [9.17, 15) is 14.7 Å². The molecule has 2 rings (SSSR count). The van der Waals surface area contributed by atoms with Crippen molar-refractivity contribution in [2.45, 2.75) is 31.2 Å². The molecule has 1 fully saturated rings. The van der Waals surface area contributed by atoms with Crippen LogP contribution >= 0.6 is 23.1 Å². The van der Waals surface area contributed by atoms with E-state index in [-0.39, 0.29) is 11.3 Å². The molecule has 0 saturated carbocycles. The number of carbonyl (C=O) groups excluding carboxylic acids is 1. The number of carbonyl (C=O) groups is 2. The molecule has 0 spiro atoms. The first-order chi connectivity index (χ1) is 8.65. The molecule has 0 bridgehead atoms. The lowest BCUT2D eigenvalue weighted by Gasteiger charge is -2.26. The zero-order valence-corrected chi connectivity index (χ0v) is 11.5. The van der Waals surface area contributed by atoms with Gasteiger partial charge in [-0.25, -0.2) is 4.79 Å². The fourth-order valence-electron chi connectivity index (χ4n) is 1.94. The molecule has 18 heavy (non-hydrogen) atoms. The largest absolute Gasteiger partial charge is 0.480 e. The maximum absolute atomic E-state index is 12.3. The molecule has 0 aliphatic carbocycles. The maximum atomic E-state index is 12.3. The molecule has 1 aromatic rings. The van der Waals surface area contributed by atoms with E-state index in [1.807, 2.05) is 6.92 Å². The minimum Gasteiger partial charge on any atom is -0.480 e. The Morgan fingerprint density at radius 2 is 2.39 bits per heavy atom. The molecule has 2 atom stereocenters. The van der Waals surface area contributed by atoms with Crippen molar-refractivity contribution in [2.24, 2.45) is 0 Å². The van der Waals surface area contributed by atoms with E-state index in [4.69, 9.17) is 0 Å². The fourth-order valence-corrected chi connectivity index (χ4v) is 4.02. The van der Waals surface area contributed by atoms with Crippen LogP contribution in [0.15, 0.2) is 11.7 Å². The third-order valence-corrected chi connectivity index (χ3v) is 4.91. The molecule has 5 nitrogen and oxygen atoms in total. The predicted octanol–water partition coefficient (Wildman–Crippen LogP) is 1.91. The average molecular weight is 286 g/mol. The summed E-state index contributed by atoms with van der Waals surface area (Å²) >= 11 is 2.79. The van der Waals surface area contributed by atoms with Crippen LogP contribution < -0.4 is 0 Å². The van der Waals surface area contributed by atoms with Crippen molar-refractivity contribution < 1.29 is 14.7 Å². The summed E-state index contributed by atoms with van der Waals surface area (Å²) in [5, 5.41) is 9.16. The number of thioether (sulfide) groups is 1. The summed E-state index contributed by atoms with van der Waals surface area (Å²) in [6.45, 7) is 2.03. The van der Waals surface area contributed by atoms with E-state index in [0.717, 1.165) is 12.8 Å². The lowest BCUT2D eigenvalue weighted by molar-refractivity contribution is -0.141. The first-order valence-electron chi connectivity index (χ1n) is 5.70. The number of nitrogens with zero attached hydrogens (tertiary/aromatic N) is 2. The van der Waals surface area contributed by atoms with Gasteiger partial charge in [-0.05, 0) is 6.42 Å². The van der Waals surface area contributed by atoms with Crippen LogP contribution in [0.25, 0.3) is 0 Å². The van der Waals surface area contributed by atoms with Crippen LogP contribution in [-0.2, 0) is 4.79 Å². The van der Waals surface area contributed by atoms with E-state index in [0.29, 0.717) is 10.6 Å². The summed E-state index contributed by atoms with van der Waals surface area (Å²) < 4.78 is 0. The van der Waals surface area contributed by atoms with E-state index in [1.165, 1.54) is 22.4 Å². The molecule has 0 radical (unpaired) electrons. The molecule has 98 valence electrons. The Bertz CT molecular complexity index is 436. The predicted molar refractivity (Wildman–Crippen MR) is 70.9 cm³/mol. The standard InChI is InChI=1S/C11H14N2O3S2/c1-2-3-9-13(7(5-17-9)11(15)16)10(14)8-4-12-6-18-8/h4,6-7,9H,2-3,5H2,1H3,(H,15,16). The third-order valence-electron chi connectivity index (χ3n) is 2.79. The van der Waals surface area contributed by atoms with Crippen molar-refractivity contribution in [3.8, 4) is 0 Å². The van der Waals surface area contributed by atoms with Crippen LogP contribution in [0.3, 0.4) is 0 Å². The number of aromatic nitrogens is 1. The monoisotopic (exact) mass is 286 g/mol. The van der Waals surface area contributed by atoms with Crippen LogP contribution in [-0.4, -0.2) is 44.0 Å². The second-order valence-electron chi connectivity index (χ2n) is 4.01. The van der Waals surface area contributed by atoms with E-state index in [2.05, 4.69) is 4.98 Å². The Balaban J connectivity index is 2.23. The van der Waals surface area contributed by atoms with Crippen LogP contribution in [0.2, 0.25) is 0 Å². The Hall–Kier alpha value is -1.08. The highest BCUT2D eigenvalue weighted by atomic mass is 32.2. The number of aliphatic carboxylic acids is 1. The molecule has 1 amide bonds. The number of carboxylic acids is 1. The van der Waals surface area contributed by atoms with Gasteiger partial charge in [0.15, 0.2) is 0 Å². The Morgan fingerprint density at radius 1 is 1.61 bits per heavy atom. The molecule has 1 aliphatic rings. The summed E-state index contributed by atoms with van der Waals surface area (Å²) in [4.78, 5) is 29.4. The van der Waals surface area contributed by atoms with Gasteiger partial charge in [-0.3, -0.25) is 9.78 Å². The SMILES string of the molecule is CCCC1SCC(C(=O)O)N1C(=O)c1cncs1. The molecule has 1 aromatic heterocycles. The van der Waals surface area contributed by atoms with Crippen LogP contribution in [0.5, 0.6) is 0 Å².